The van der Waals surface area contributed by atoms with Gasteiger partial charge in [-0.05, 0) is 12.1 Å². The van der Waals surface area contributed by atoms with Crippen LogP contribution in [-0.4, -0.2) is 31.3 Å². The van der Waals surface area contributed by atoms with E-state index in [0.717, 1.165) is 0 Å². The van der Waals surface area contributed by atoms with E-state index in [1.165, 1.54) is 11.9 Å². The van der Waals surface area contributed by atoms with Gasteiger partial charge in [0.15, 0.2) is 0 Å². The van der Waals surface area contributed by atoms with Gasteiger partial charge in [-0.3, -0.25) is 9.88 Å². The van der Waals surface area contributed by atoms with Gasteiger partial charge in [0.2, 0.25) is 0 Å². The number of nitrogens with zero attached hydrogens (tertiary/aromatic N) is 2. The predicted octanol–water partition coefficient (Wildman–Crippen LogP) is 1.20. The molecule has 1 heterocycles. The fraction of sp³-hybridized carbons (Fsp3) is 0.333. The zero-order valence-corrected chi connectivity index (χ0v) is 7.90. The highest BCUT2D eigenvalue weighted by molar-refractivity contribution is 5.91. The lowest BCUT2D eigenvalue weighted by Crippen LogP contribution is -2.39. The number of carbonyl (C=O) groups is 1. The molecule has 4 nitrogen and oxygen atoms in total. The molecule has 0 atom stereocenters. The van der Waals surface area contributed by atoms with Crippen LogP contribution >= 0.6 is 0 Å². The third-order valence-electron chi connectivity index (χ3n) is 1.74. The Kier molecular flexibility index (Phi) is 3.84. The number of anilines is 1. The molecule has 1 aromatic heterocycles. The van der Waals surface area contributed by atoms with Gasteiger partial charge in [-0.1, -0.05) is 0 Å². The molecular weight excluding hydrogens is 185 g/mol. The van der Waals surface area contributed by atoms with Gasteiger partial charge in [0.05, 0.1) is 6.54 Å². The molecule has 0 fully saturated rings. The number of carbonyl (C=O) groups excluding carboxylic acids is 1. The molecule has 1 aromatic rings. The van der Waals surface area contributed by atoms with Crippen LogP contribution in [0.5, 0.6) is 0 Å². The molecule has 0 aliphatic rings. The van der Waals surface area contributed by atoms with Crippen molar-refractivity contribution in [3.63, 3.8) is 0 Å². The van der Waals surface area contributed by atoms with Gasteiger partial charge in [0, 0.05) is 25.1 Å². The number of amides is 2. The number of aromatic nitrogens is 1. The normalized spacial score (nSPS) is 9.57. The van der Waals surface area contributed by atoms with E-state index in [-0.39, 0.29) is 12.6 Å². The largest absolute Gasteiger partial charge is 0.341 e. The van der Waals surface area contributed by atoms with Gasteiger partial charge < -0.3 is 5.32 Å². The van der Waals surface area contributed by atoms with E-state index in [2.05, 4.69) is 10.3 Å². The van der Waals surface area contributed by atoms with E-state index < -0.39 is 6.67 Å². The summed E-state index contributed by atoms with van der Waals surface area (Å²) in [7, 11) is 1.51. The maximum Gasteiger partial charge on any atom is 0.321 e. The van der Waals surface area contributed by atoms with Crippen LogP contribution < -0.4 is 10.2 Å². The molecule has 0 bridgehead atoms. The first-order valence-electron chi connectivity index (χ1n) is 4.25. The monoisotopic (exact) mass is 197 g/mol. The molecule has 0 spiro atoms. The molecule has 1 N–H and O–H groups in total. The molecule has 0 saturated heterocycles. The average Bonchev–Trinajstić information content (AvgIpc) is 2.26. The van der Waals surface area contributed by atoms with Crippen molar-refractivity contribution in [2.45, 2.75) is 0 Å². The summed E-state index contributed by atoms with van der Waals surface area (Å²) in [5.41, 5.74) is 0.636. The van der Waals surface area contributed by atoms with Crippen molar-refractivity contribution in [3.05, 3.63) is 24.5 Å². The van der Waals surface area contributed by atoms with Crippen LogP contribution in [0.2, 0.25) is 0 Å². The fourth-order valence-corrected chi connectivity index (χ4v) is 1.09. The second kappa shape index (κ2) is 5.16. The molecule has 0 unspecified atom stereocenters. The van der Waals surface area contributed by atoms with E-state index in [9.17, 15) is 9.18 Å². The number of nitrogens with one attached hydrogen (secondary N) is 1. The summed E-state index contributed by atoms with van der Waals surface area (Å²) >= 11 is 0. The Hall–Kier alpha value is -1.65. The lowest BCUT2D eigenvalue weighted by atomic mass is 10.3. The SMILES string of the molecule is CNC(=O)N(CCF)c1ccncc1. The van der Waals surface area contributed by atoms with Gasteiger partial charge in [-0.15, -0.1) is 0 Å². The second-order valence-corrected chi connectivity index (χ2v) is 2.60. The molecule has 5 heteroatoms. The second-order valence-electron chi connectivity index (χ2n) is 2.60. The first kappa shape index (κ1) is 10.4. The summed E-state index contributed by atoms with van der Waals surface area (Å²) in [6, 6.07) is 2.99. The number of pyridine rings is 1. The van der Waals surface area contributed by atoms with Gasteiger partial charge in [-0.2, -0.15) is 0 Å². The summed E-state index contributed by atoms with van der Waals surface area (Å²) in [5.74, 6) is 0. The molecule has 0 aromatic carbocycles. The van der Waals surface area contributed by atoms with E-state index in [4.69, 9.17) is 0 Å². The minimum absolute atomic E-state index is 0.0453. The van der Waals surface area contributed by atoms with Gasteiger partial charge in [0.1, 0.15) is 6.67 Å². The highest BCUT2D eigenvalue weighted by atomic mass is 19.1. The predicted molar refractivity (Wildman–Crippen MR) is 52.0 cm³/mol. The minimum atomic E-state index is -0.574. The Labute approximate surface area is 81.7 Å². The summed E-state index contributed by atoms with van der Waals surface area (Å²) in [5, 5.41) is 2.45. The van der Waals surface area contributed by atoms with Crippen molar-refractivity contribution < 1.29 is 9.18 Å². The minimum Gasteiger partial charge on any atom is -0.341 e. The van der Waals surface area contributed by atoms with E-state index in [0.29, 0.717) is 5.69 Å². The molecular formula is C9H12FN3O. The zero-order valence-electron chi connectivity index (χ0n) is 7.90. The van der Waals surface area contributed by atoms with Crippen molar-refractivity contribution in [1.29, 1.82) is 0 Å². The molecule has 0 aliphatic heterocycles. The first-order valence-corrected chi connectivity index (χ1v) is 4.25. The van der Waals surface area contributed by atoms with Crippen molar-refractivity contribution >= 4 is 11.7 Å². The van der Waals surface area contributed by atoms with Gasteiger partial charge in [-0.25, -0.2) is 9.18 Å². The quantitative estimate of drug-likeness (QED) is 0.791. The number of alkyl halides is 1. The maximum absolute atomic E-state index is 12.2. The van der Waals surface area contributed by atoms with Crippen LogP contribution in [-0.2, 0) is 0 Å². The lowest BCUT2D eigenvalue weighted by Gasteiger charge is -2.20. The maximum atomic E-state index is 12.2. The summed E-state index contributed by atoms with van der Waals surface area (Å²) in [6.45, 7) is -0.528. The Morgan fingerprint density at radius 2 is 2.21 bits per heavy atom. The summed E-state index contributed by atoms with van der Waals surface area (Å²) < 4.78 is 12.2. The van der Waals surface area contributed by atoms with E-state index in [1.807, 2.05) is 0 Å². The zero-order chi connectivity index (χ0) is 10.4. The summed E-state index contributed by atoms with van der Waals surface area (Å²) in [6.07, 6.45) is 3.12. The van der Waals surface area contributed by atoms with Crippen LogP contribution in [0.3, 0.4) is 0 Å². The first-order chi connectivity index (χ1) is 6.79. The van der Waals surface area contributed by atoms with Crippen LogP contribution in [0.25, 0.3) is 0 Å². The van der Waals surface area contributed by atoms with Gasteiger partial charge in [0.25, 0.3) is 0 Å². The molecule has 14 heavy (non-hydrogen) atoms. The number of hydrogen-bond acceptors (Lipinski definition) is 2. The topological polar surface area (TPSA) is 45.2 Å². The molecule has 76 valence electrons. The third kappa shape index (κ3) is 2.42. The van der Waals surface area contributed by atoms with Crippen molar-refractivity contribution in [3.8, 4) is 0 Å². The average molecular weight is 197 g/mol. The lowest BCUT2D eigenvalue weighted by molar-refractivity contribution is 0.247. The molecule has 0 aliphatic carbocycles. The third-order valence-corrected chi connectivity index (χ3v) is 1.74. The Morgan fingerprint density at radius 3 is 2.71 bits per heavy atom. The number of hydrogen-bond donors (Lipinski definition) is 1. The Bertz CT molecular complexity index is 291. The molecule has 2 amide bonds. The molecule has 1 rings (SSSR count). The van der Waals surface area contributed by atoms with Crippen LogP contribution in [0, 0.1) is 0 Å². The highest BCUT2D eigenvalue weighted by Gasteiger charge is 2.12. The Balaban J connectivity index is 2.83. The number of urea groups is 1. The highest BCUT2D eigenvalue weighted by Crippen LogP contribution is 2.11. The number of halogens is 1. The van der Waals surface area contributed by atoms with Crippen molar-refractivity contribution in [2.75, 3.05) is 25.2 Å². The standard InChI is InChI=1S/C9H12FN3O/c1-11-9(14)13(7-4-10)8-2-5-12-6-3-8/h2-3,5-6H,4,7H2,1H3,(H,11,14). The summed E-state index contributed by atoms with van der Waals surface area (Å²) in [4.78, 5) is 16.5. The molecule has 0 saturated carbocycles. The molecule has 0 radical (unpaired) electrons. The van der Waals surface area contributed by atoms with Crippen LogP contribution in [0.15, 0.2) is 24.5 Å². The van der Waals surface area contributed by atoms with Gasteiger partial charge >= 0.3 is 6.03 Å². The smallest absolute Gasteiger partial charge is 0.321 e. The fourth-order valence-electron chi connectivity index (χ4n) is 1.09. The van der Waals surface area contributed by atoms with Crippen LogP contribution in [0.1, 0.15) is 0 Å². The van der Waals surface area contributed by atoms with Crippen molar-refractivity contribution in [1.82, 2.24) is 10.3 Å². The van der Waals surface area contributed by atoms with Crippen LogP contribution in [0.4, 0.5) is 14.9 Å². The number of rotatable bonds is 3. The van der Waals surface area contributed by atoms with E-state index in [1.54, 1.807) is 24.5 Å². The van der Waals surface area contributed by atoms with E-state index >= 15 is 0 Å². The van der Waals surface area contributed by atoms with Crippen molar-refractivity contribution in [2.24, 2.45) is 0 Å². The Morgan fingerprint density at radius 1 is 1.57 bits per heavy atom.